The summed E-state index contributed by atoms with van der Waals surface area (Å²) in [4.78, 5) is 9.97. The van der Waals surface area contributed by atoms with Crippen molar-refractivity contribution in [3.8, 4) is 0 Å². The van der Waals surface area contributed by atoms with Crippen molar-refractivity contribution in [3.05, 3.63) is 0 Å². The zero-order valence-electron chi connectivity index (χ0n) is 15.6. The molecule has 0 fully saturated rings. The molecular weight excluding hydrogens is 260 g/mol. The van der Waals surface area contributed by atoms with Crippen molar-refractivity contribution in [1.29, 1.82) is 0 Å². The fraction of sp³-hybridized carbons (Fsp3) is 1.00. The zero-order chi connectivity index (χ0) is 16.1. The first-order chi connectivity index (χ1) is 10.1. The summed E-state index contributed by atoms with van der Waals surface area (Å²) in [7, 11) is 4.48. The monoisotopic (exact) mass is 300 g/mol. The van der Waals surface area contributed by atoms with Crippen LogP contribution in [0, 0.1) is 0 Å². The summed E-state index contributed by atoms with van der Waals surface area (Å²) < 4.78 is 0. The van der Waals surface area contributed by atoms with Gasteiger partial charge in [-0.15, -0.1) is 0 Å². The molecule has 0 spiro atoms. The van der Waals surface area contributed by atoms with Gasteiger partial charge in [-0.1, -0.05) is 27.7 Å². The van der Waals surface area contributed by atoms with Crippen LogP contribution in [-0.2, 0) is 0 Å². The van der Waals surface area contributed by atoms with Crippen molar-refractivity contribution in [1.82, 2.24) is 19.6 Å². The minimum absolute atomic E-state index is 1.16. The highest BCUT2D eigenvalue weighted by Crippen LogP contribution is 1.94. The summed E-state index contributed by atoms with van der Waals surface area (Å²) >= 11 is 0. The fourth-order valence-corrected chi connectivity index (χ4v) is 2.51. The summed E-state index contributed by atoms with van der Waals surface area (Å²) in [5.41, 5.74) is 0. The normalized spacial score (nSPS) is 12.3. The highest BCUT2D eigenvalue weighted by molar-refractivity contribution is 4.64. The number of rotatable bonds is 14. The summed E-state index contributed by atoms with van der Waals surface area (Å²) in [5, 5.41) is 0. The van der Waals surface area contributed by atoms with Gasteiger partial charge in [-0.2, -0.15) is 0 Å². The van der Waals surface area contributed by atoms with E-state index in [2.05, 4.69) is 61.4 Å². The Morgan fingerprint density at radius 1 is 0.476 bits per heavy atom. The number of nitrogens with zero attached hydrogens (tertiary/aromatic N) is 4. The second-order valence-corrected chi connectivity index (χ2v) is 6.07. The SMILES string of the molecule is CCCN(C)CCN(CC)CCN(C)CCN(CC)CC. The van der Waals surface area contributed by atoms with Gasteiger partial charge in [0.15, 0.2) is 0 Å². The van der Waals surface area contributed by atoms with Gasteiger partial charge in [-0.3, -0.25) is 0 Å². The van der Waals surface area contributed by atoms with Crippen LogP contribution in [-0.4, -0.2) is 99.1 Å². The Bertz CT molecular complexity index is 219. The van der Waals surface area contributed by atoms with Crippen LogP contribution in [0.1, 0.15) is 34.1 Å². The molecule has 0 amide bonds. The molecule has 0 heterocycles. The van der Waals surface area contributed by atoms with Gasteiger partial charge in [0.1, 0.15) is 0 Å². The van der Waals surface area contributed by atoms with Gasteiger partial charge >= 0.3 is 0 Å². The Morgan fingerprint density at radius 2 is 0.857 bits per heavy atom. The Kier molecular flexibility index (Phi) is 13.4. The predicted octanol–water partition coefficient (Wildman–Crippen LogP) is 1.92. The molecule has 0 unspecified atom stereocenters. The van der Waals surface area contributed by atoms with E-state index < -0.39 is 0 Å². The van der Waals surface area contributed by atoms with E-state index in [1.54, 1.807) is 0 Å². The number of hydrogen-bond donors (Lipinski definition) is 0. The Balaban J connectivity index is 3.82. The zero-order valence-corrected chi connectivity index (χ0v) is 15.6. The molecular formula is C17H40N4. The lowest BCUT2D eigenvalue weighted by atomic mass is 10.3. The van der Waals surface area contributed by atoms with E-state index in [0.717, 1.165) is 19.6 Å². The minimum Gasteiger partial charge on any atom is -0.305 e. The Morgan fingerprint density at radius 3 is 1.24 bits per heavy atom. The topological polar surface area (TPSA) is 13.0 Å². The smallest absolute Gasteiger partial charge is 0.0110 e. The average Bonchev–Trinajstić information content (AvgIpc) is 2.48. The molecule has 0 aliphatic carbocycles. The summed E-state index contributed by atoms with van der Waals surface area (Å²) in [6.07, 6.45) is 1.25. The summed E-state index contributed by atoms with van der Waals surface area (Å²) in [6, 6.07) is 0. The minimum atomic E-state index is 1.16. The van der Waals surface area contributed by atoms with Crippen molar-refractivity contribution in [2.75, 3.05) is 79.5 Å². The lowest BCUT2D eigenvalue weighted by molar-refractivity contribution is 0.191. The lowest BCUT2D eigenvalue weighted by Gasteiger charge is -2.27. The Hall–Kier alpha value is -0.160. The molecule has 0 aromatic rings. The standard InChI is InChI=1S/C17H40N4/c1-7-11-18(5)13-16-21(10-4)17-14-19(6)12-15-20(8-2)9-3/h7-17H2,1-6H3. The highest BCUT2D eigenvalue weighted by Gasteiger charge is 2.07. The predicted molar refractivity (Wildman–Crippen MR) is 95.2 cm³/mol. The van der Waals surface area contributed by atoms with Crippen LogP contribution in [0.4, 0.5) is 0 Å². The maximum atomic E-state index is 2.57. The van der Waals surface area contributed by atoms with E-state index >= 15 is 0 Å². The fourth-order valence-electron chi connectivity index (χ4n) is 2.51. The van der Waals surface area contributed by atoms with E-state index in [4.69, 9.17) is 0 Å². The van der Waals surface area contributed by atoms with Crippen molar-refractivity contribution in [2.24, 2.45) is 0 Å². The summed E-state index contributed by atoms with van der Waals surface area (Å²) in [5.74, 6) is 0. The first-order valence-electron chi connectivity index (χ1n) is 8.89. The van der Waals surface area contributed by atoms with Crippen LogP contribution in [0.5, 0.6) is 0 Å². The first kappa shape index (κ1) is 20.8. The molecule has 0 aliphatic rings. The van der Waals surface area contributed by atoms with Crippen LogP contribution >= 0.6 is 0 Å². The van der Waals surface area contributed by atoms with Gasteiger partial charge in [0.2, 0.25) is 0 Å². The molecule has 0 aliphatic heterocycles. The van der Waals surface area contributed by atoms with Crippen LogP contribution in [0.25, 0.3) is 0 Å². The van der Waals surface area contributed by atoms with Crippen LogP contribution in [0.2, 0.25) is 0 Å². The largest absolute Gasteiger partial charge is 0.305 e. The molecule has 0 atom stereocenters. The van der Waals surface area contributed by atoms with Crippen LogP contribution in [0.3, 0.4) is 0 Å². The van der Waals surface area contributed by atoms with E-state index in [-0.39, 0.29) is 0 Å². The van der Waals surface area contributed by atoms with Gasteiger partial charge < -0.3 is 19.6 Å². The summed E-state index contributed by atoms with van der Waals surface area (Å²) in [6.45, 7) is 20.8. The molecule has 0 bridgehead atoms. The number of hydrogen-bond acceptors (Lipinski definition) is 4. The van der Waals surface area contributed by atoms with Crippen molar-refractivity contribution < 1.29 is 0 Å². The second kappa shape index (κ2) is 13.5. The Labute approximate surface area is 134 Å². The third-order valence-electron chi connectivity index (χ3n) is 4.34. The maximum Gasteiger partial charge on any atom is 0.0110 e. The number of likely N-dealkylation sites (N-methyl/N-ethyl adjacent to an activating group) is 4. The first-order valence-corrected chi connectivity index (χ1v) is 8.89. The average molecular weight is 301 g/mol. The molecule has 128 valence electrons. The molecule has 21 heavy (non-hydrogen) atoms. The molecule has 0 rings (SSSR count). The molecule has 0 aromatic heterocycles. The lowest BCUT2D eigenvalue weighted by Crippen LogP contribution is -2.40. The molecule has 0 radical (unpaired) electrons. The third-order valence-corrected chi connectivity index (χ3v) is 4.34. The quantitative estimate of drug-likeness (QED) is 0.486. The second-order valence-electron chi connectivity index (χ2n) is 6.07. The molecule has 0 aromatic carbocycles. The molecule has 4 heteroatoms. The van der Waals surface area contributed by atoms with E-state index in [1.165, 1.54) is 52.2 Å². The van der Waals surface area contributed by atoms with Gasteiger partial charge in [-0.25, -0.2) is 0 Å². The van der Waals surface area contributed by atoms with Crippen molar-refractivity contribution in [2.45, 2.75) is 34.1 Å². The van der Waals surface area contributed by atoms with Crippen LogP contribution in [0.15, 0.2) is 0 Å². The van der Waals surface area contributed by atoms with E-state index in [9.17, 15) is 0 Å². The maximum absolute atomic E-state index is 2.57. The van der Waals surface area contributed by atoms with Crippen LogP contribution < -0.4 is 0 Å². The van der Waals surface area contributed by atoms with E-state index in [0.29, 0.717) is 0 Å². The van der Waals surface area contributed by atoms with Crippen molar-refractivity contribution >= 4 is 0 Å². The van der Waals surface area contributed by atoms with E-state index in [1.807, 2.05) is 0 Å². The highest BCUT2D eigenvalue weighted by atomic mass is 15.2. The van der Waals surface area contributed by atoms with Gasteiger partial charge in [0.05, 0.1) is 0 Å². The van der Waals surface area contributed by atoms with Crippen molar-refractivity contribution in [3.63, 3.8) is 0 Å². The molecule has 0 N–H and O–H groups in total. The van der Waals surface area contributed by atoms with Gasteiger partial charge in [0, 0.05) is 39.3 Å². The molecule has 4 nitrogen and oxygen atoms in total. The van der Waals surface area contributed by atoms with Gasteiger partial charge in [0.25, 0.3) is 0 Å². The third kappa shape index (κ3) is 11.1. The molecule has 0 saturated carbocycles. The molecule has 0 saturated heterocycles. The van der Waals surface area contributed by atoms with Gasteiger partial charge in [-0.05, 0) is 46.7 Å².